The van der Waals surface area contributed by atoms with Crippen molar-refractivity contribution < 1.29 is 9.13 Å². The Bertz CT molecular complexity index is 617. The Morgan fingerprint density at radius 2 is 2.14 bits per heavy atom. The summed E-state index contributed by atoms with van der Waals surface area (Å²) in [6.07, 6.45) is 2.37. The van der Waals surface area contributed by atoms with Crippen molar-refractivity contribution in [2.75, 3.05) is 13.1 Å². The van der Waals surface area contributed by atoms with Gasteiger partial charge in [-0.3, -0.25) is 0 Å². The Hall–Kier alpha value is -1.46. The van der Waals surface area contributed by atoms with Gasteiger partial charge in [0.05, 0.1) is 17.1 Å². The van der Waals surface area contributed by atoms with Crippen LogP contribution in [0.15, 0.2) is 18.2 Å². The number of hydrogen-bond donors (Lipinski definition) is 1. The minimum Gasteiger partial charge on any atom is -0.370 e. The van der Waals surface area contributed by atoms with Gasteiger partial charge in [-0.15, -0.1) is 0 Å². The van der Waals surface area contributed by atoms with Gasteiger partial charge in [0.1, 0.15) is 18.2 Å². The quantitative estimate of drug-likeness (QED) is 0.941. The highest BCUT2D eigenvalue weighted by Gasteiger charge is 2.17. The Balaban J connectivity index is 1.84. The molecule has 0 aliphatic carbocycles. The number of benzene rings is 1. The SMILES string of the molecule is CC(C)n1c(COC2CCNCC2)nc2ccc(F)cc21. The molecule has 21 heavy (non-hydrogen) atoms. The minimum absolute atomic E-state index is 0.225. The number of halogens is 1. The summed E-state index contributed by atoms with van der Waals surface area (Å²) < 4.78 is 21.6. The molecule has 0 bridgehead atoms. The highest BCUT2D eigenvalue weighted by molar-refractivity contribution is 5.76. The van der Waals surface area contributed by atoms with Crippen LogP contribution < -0.4 is 5.32 Å². The molecule has 2 aromatic rings. The zero-order chi connectivity index (χ0) is 14.8. The summed E-state index contributed by atoms with van der Waals surface area (Å²) in [5.74, 6) is 0.652. The van der Waals surface area contributed by atoms with Gasteiger partial charge in [-0.05, 0) is 58.0 Å². The first-order valence-corrected chi connectivity index (χ1v) is 7.64. The predicted octanol–water partition coefficient (Wildman–Crippen LogP) is 3.02. The lowest BCUT2D eigenvalue weighted by atomic mass is 10.1. The van der Waals surface area contributed by atoms with Crippen molar-refractivity contribution in [1.29, 1.82) is 0 Å². The van der Waals surface area contributed by atoms with Gasteiger partial charge in [-0.1, -0.05) is 0 Å². The number of ether oxygens (including phenoxy) is 1. The molecule has 0 spiro atoms. The molecule has 4 nitrogen and oxygen atoms in total. The van der Waals surface area contributed by atoms with Crippen molar-refractivity contribution in [2.45, 2.75) is 45.4 Å². The van der Waals surface area contributed by atoms with Gasteiger partial charge in [0.15, 0.2) is 0 Å². The van der Waals surface area contributed by atoms with E-state index in [9.17, 15) is 4.39 Å². The maximum Gasteiger partial charge on any atom is 0.136 e. The lowest BCUT2D eigenvalue weighted by Gasteiger charge is -2.23. The van der Waals surface area contributed by atoms with E-state index >= 15 is 0 Å². The first-order chi connectivity index (χ1) is 10.1. The normalized spacial score (nSPS) is 17.0. The maximum atomic E-state index is 13.5. The Kier molecular flexibility index (Phi) is 4.22. The minimum atomic E-state index is -0.227. The van der Waals surface area contributed by atoms with Crippen LogP contribution in [0.3, 0.4) is 0 Å². The fraction of sp³-hybridized carbons (Fsp3) is 0.562. The van der Waals surface area contributed by atoms with Crippen LogP contribution >= 0.6 is 0 Å². The molecule has 0 atom stereocenters. The third-order valence-electron chi connectivity index (χ3n) is 3.98. The van der Waals surface area contributed by atoms with Crippen molar-refractivity contribution in [3.63, 3.8) is 0 Å². The van der Waals surface area contributed by atoms with Crippen molar-refractivity contribution >= 4 is 11.0 Å². The van der Waals surface area contributed by atoms with Crippen LogP contribution in [0.1, 0.15) is 38.6 Å². The van der Waals surface area contributed by atoms with E-state index in [1.807, 2.05) is 0 Å². The zero-order valence-corrected chi connectivity index (χ0v) is 12.6. The summed E-state index contributed by atoms with van der Waals surface area (Å²) in [7, 11) is 0. The molecule has 1 aliphatic rings. The highest BCUT2D eigenvalue weighted by Crippen LogP contribution is 2.23. The van der Waals surface area contributed by atoms with Crippen LogP contribution in [0.25, 0.3) is 11.0 Å². The van der Waals surface area contributed by atoms with Crippen LogP contribution in [0.5, 0.6) is 0 Å². The summed E-state index contributed by atoms with van der Waals surface area (Å²) in [5, 5.41) is 3.33. The van der Waals surface area contributed by atoms with E-state index in [1.165, 1.54) is 6.07 Å². The van der Waals surface area contributed by atoms with E-state index in [1.54, 1.807) is 12.1 Å². The number of aromatic nitrogens is 2. The molecule has 2 heterocycles. The summed E-state index contributed by atoms with van der Waals surface area (Å²) in [6, 6.07) is 4.97. The molecule has 0 amide bonds. The van der Waals surface area contributed by atoms with Crippen molar-refractivity contribution in [1.82, 2.24) is 14.9 Å². The van der Waals surface area contributed by atoms with Crippen molar-refractivity contribution in [3.8, 4) is 0 Å². The average molecular weight is 291 g/mol. The first kappa shape index (κ1) is 14.5. The van der Waals surface area contributed by atoms with Gasteiger partial charge in [0.25, 0.3) is 0 Å². The second kappa shape index (κ2) is 6.12. The number of imidazole rings is 1. The fourth-order valence-electron chi connectivity index (χ4n) is 2.95. The molecule has 1 saturated heterocycles. The second-order valence-corrected chi connectivity index (χ2v) is 5.89. The zero-order valence-electron chi connectivity index (χ0n) is 12.6. The van der Waals surface area contributed by atoms with Gasteiger partial charge in [-0.25, -0.2) is 9.37 Å². The van der Waals surface area contributed by atoms with Crippen LogP contribution in [-0.4, -0.2) is 28.7 Å². The molecule has 0 radical (unpaired) electrons. The molecule has 0 saturated carbocycles. The van der Waals surface area contributed by atoms with Gasteiger partial charge < -0.3 is 14.6 Å². The van der Waals surface area contributed by atoms with Crippen LogP contribution in [0, 0.1) is 5.82 Å². The smallest absolute Gasteiger partial charge is 0.136 e. The van der Waals surface area contributed by atoms with E-state index in [2.05, 4.69) is 28.7 Å². The summed E-state index contributed by atoms with van der Waals surface area (Å²) >= 11 is 0. The lowest BCUT2D eigenvalue weighted by Crippen LogP contribution is -2.32. The molecule has 114 valence electrons. The number of nitrogens with one attached hydrogen (secondary N) is 1. The number of piperidine rings is 1. The monoisotopic (exact) mass is 291 g/mol. The summed E-state index contributed by atoms with van der Waals surface area (Å²) in [4.78, 5) is 4.62. The van der Waals surface area contributed by atoms with Crippen molar-refractivity contribution in [3.05, 3.63) is 29.8 Å². The molecule has 1 aromatic carbocycles. The number of nitrogens with zero attached hydrogens (tertiary/aromatic N) is 2. The maximum absolute atomic E-state index is 13.5. The summed E-state index contributed by atoms with van der Waals surface area (Å²) in [5.41, 5.74) is 1.67. The van der Waals surface area contributed by atoms with Crippen LogP contribution in [0.2, 0.25) is 0 Å². The van der Waals surface area contributed by atoms with E-state index in [-0.39, 0.29) is 11.9 Å². The van der Waals surface area contributed by atoms with Gasteiger partial charge in [0.2, 0.25) is 0 Å². The second-order valence-electron chi connectivity index (χ2n) is 5.89. The number of rotatable bonds is 4. The van der Waals surface area contributed by atoms with E-state index in [0.29, 0.717) is 12.7 Å². The molecular weight excluding hydrogens is 269 g/mol. The third kappa shape index (κ3) is 3.09. The first-order valence-electron chi connectivity index (χ1n) is 7.64. The van der Waals surface area contributed by atoms with Gasteiger partial charge in [-0.2, -0.15) is 0 Å². The molecule has 1 aromatic heterocycles. The van der Waals surface area contributed by atoms with Crippen LogP contribution in [0.4, 0.5) is 4.39 Å². The standard InChI is InChI=1S/C16H22FN3O/c1-11(2)20-15-9-12(17)3-4-14(15)19-16(20)10-21-13-5-7-18-8-6-13/h3-4,9,11,13,18H,5-8,10H2,1-2H3. The summed E-state index contributed by atoms with van der Waals surface area (Å²) in [6.45, 7) is 6.67. The molecular formula is C16H22FN3O. The van der Waals surface area contributed by atoms with Crippen LogP contribution in [-0.2, 0) is 11.3 Å². The molecule has 5 heteroatoms. The lowest BCUT2D eigenvalue weighted by molar-refractivity contribution is 0.0163. The average Bonchev–Trinajstić information content (AvgIpc) is 2.84. The molecule has 0 unspecified atom stereocenters. The Morgan fingerprint density at radius 1 is 1.38 bits per heavy atom. The molecule has 1 N–H and O–H groups in total. The number of hydrogen-bond acceptors (Lipinski definition) is 3. The molecule has 1 aliphatic heterocycles. The Morgan fingerprint density at radius 3 is 2.86 bits per heavy atom. The number of fused-ring (bicyclic) bond motifs is 1. The topological polar surface area (TPSA) is 39.1 Å². The van der Waals surface area contributed by atoms with E-state index in [0.717, 1.165) is 42.8 Å². The predicted molar refractivity (Wildman–Crippen MR) is 80.8 cm³/mol. The van der Waals surface area contributed by atoms with Gasteiger partial charge >= 0.3 is 0 Å². The fourth-order valence-corrected chi connectivity index (χ4v) is 2.95. The molecule has 1 fully saturated rings. The van der Waals surface area contributed by atoms with E-state index < -0.39 is 0 Å². The largest absolute Gasteiger partial charge is 0.370 e. The van der Waals surface area contributed by atoms with Gasteiger partial charge in [0, 0.05) is 6.04 Å². The van der Waals surface area contributed by atoms with E-state index in [4.69, 9.17) is 4.74 Å². The highest BCUT2D eigenvalue weighted by atomic mass is 19.1. The Labute approximate surface area is 124 Å². The van der Waals surface area contributed by atoms with Crippen molar-refractivity contribution in [2.24, 2.45) is 0 Å². The third-order valence-corrected chi connectivity index (χ3v) is 3.98. The molecule has 3 rings (SSSR count).